The highest BCUT2D eigenvalue weighted by atomic mass is 79.9. The highest BCUT2D eigenvalue weighted by Gasteiger charge is 2.18. The molecule has 1 unspecified atom stereocenters. The quantitative estimate of drug-likeness (QED) is 0.581. The van der Waals surface area contributed by atoms with Crippen LogP contribution in [0, 0.1) is 6.92 Å². The average Bonchev–Trinajstić information content (AvgIpc) is 2.43. The zero-order chi connectivity index (χ0) is 14.7. The Balaban J connectivity index is 2.49. The van der Waals surface area contributed by atoms with Gasteiger partial charge in [0.1, 0.15) is 5.75 Å². The molecule has 0 aliphatic rings. The molecule has 0 saturated heterocycles. The van der Waals surface area contributed by atoms with Crippen molar-refractivity contribution in [2.75, 3.05) is 6.61 Å². The van der Waals surface area contributed by atoms with E-state index >= 15 is 0 Å². The largest absolute Gasteiger partial charge is 0.494 e. The Morgan fingerprint density at radius 1 is 1.10 bits per heavy atom. The van der Waals surface area contributed by atoms with Crippen molar-refractivity contribution < 1.29 is 4.74 Å². The summed E-state index contributed by atoms with van der Waals surface area (Å²) in [5.41, 5.74) is 3.16. The van der Waals surface area contributed by atoms with Gasteiger partial charge in [-0.25, -0.2) is 0 Å². The van der Waals surface area contributed by atoms with Crippen molar-refractivity contribution in [3.05, 3.63) is 63.1 Å². The normalized spacial score (nSPS) is 12.2. The molecule has 1 nitrogen and oxygen atoms in total. The summed E-state index contributed by atoms with van der Waals surface area (Å²) in [6.07, 6.45) is 0. The van der Waals surface area contributed by atoms with E-state index in [0.29, 0.717) is 16.7 Å². The van der Waals surface area contributed by atoms with Crippen molar-refractivity contribution in [1.82, 2.24) is 0 Å². The third kappa shape index (κ3) is 3.49. The summed E-state index contributed by atoms with van der Waals surface area (Å²) in [4.78, 5) is -0.0600. The summed E-state index contributed by atoms with van der Waals surface area (Å²) in [7, 11) is 0. The van der Waals surface area contributed by atoms with E-state index in [4.69, 9.17) is 27.9 Å². The molecule has 106 valence electrons. The number of benzene rings is 2. The van der Waals surface area contributed by atoms with E-state index < -0.39 is 0 Å². The molecular weight excluding hydrogens is 359 g/mol. The molecule has 20 heavy (non-hydrogen) atoms. The maximum atomic E-state index is 6.28. The third-order valence-corrected chi connectivity index (χ3v) is 4.54. The van der Waals surface area contributed by atoms with Crippen LogP contribution in [0.5, 0.6) is 5.75 Å². The predicted molar refractivity (Wildman–Crippen MR) is 89.6 cm³/mol. The van der Waals surface area contributed by atoms with Gasteiger partial charge in [0, 0.05) is 15.6 Å². The Bertz CT molecular complexity index is 613. The Kier molecular flexibility index (Phi) is 5.36. The second kappa shape index (κ2) is 6.84. The standard InChI is InChI=1S/C16H15BrCl2O/c1-3-20-15-7-4-10(2)8-13(15)16(17)12-9-11(18)5-6-14(12)19/h4-9,16H,3H2,1-2H3. The van der Waals surface area contributed by atoms with Crippen molar-refractivity contribution in [3.8, 4) is 5.75 Å². The van der Waals surface area contributed by atoms with Crippen LogP contribution in [0.4, 0.5) is 0 Å². The van der Waals surface area contributed by atoms with E-state index in [9.17, 15) is 0 Å². The van der Waals surface area contributed by atoms with Crippen molar-refractivity contribution in [3.63, 3.8) is 0 Å². The van der Waals surface area contributed by atoms with Gasteiger partial charge in [-0.1, -0.05) is 56.8 Å². The van der Waals surface area contributed by atoms with Crippen LogP contribution >= 0.6 is 39.1 Å². The molecule has 0 radical (unpaired) electrons. The number of halogens is 3. The van der Waals surface area contributed by atoms with E-state index in [2.05, 4.69) is 28.9 Å². The molecule has 0 heterocycles. The highest BCUT2D eigenvalue weighted by molar-refractivity contribution is 9.09. The van der Waals surface area contributed by atoms with Gasteiger partial charge in [0.05, 0.1) is 11.4 Å². The number of rotatable bonds is 4. The number of ether oxygens (including phenoxy) is 1. The van der Waals surface area contributed by atoms with Crippen LogP contribution in [0.3, 0.4) is 0 Å². The van der Waals surface area contributed by atoms with E-state index in [1.54, 1.807) is 6.07 Å². The van der Waals surface area contributed by atoms with Crippen LogP contribution in [-0.4, -0.2) is 6.61 Å². The van der Waals surface area contributed by atoms with Crippen molar-refractivity contribution in [1.29, 1.82) is 0 Å². The Morgan fingerprint density at radius 2 is 1.85 bits per heavy atom. The molecule has 0 aliphatic heterocycles. The van der Waals surface area contributed by atoms with E-state index in [-0.39, 0.29) is 4.83 Å². The number of alkyl halides is 1. The Labute approximate surface area is 138 Å². The summed E-state index contributed by atoms with van der Waals surface area (Å²) in [6, 6.07) is 11.6. The molecule has 0 spiro atoms. The minimum absolute atomic E-state index is 0.0600. The van der Waals surface area contributed by atoms with Crippen molar-refractivity contribution in [2.24, 2.45) is 0 Å². The van der Waals surface area contributed by atoms with Gasteiger partial charge in [-0.3, -0.25) is 0 Å². The smallest absolute Gasteiger partial charge is 0.123 e. The fourth-order valence-corrected chi connectivity index (χ4v) is 3.30. The molecule has 0 fully saturated rings. The topological polar surface area (TPSA) is 9.23 Å². The monoisotopic (exact) mass is 372 g/mol. The summed E-state index contributed by atoms with van der Waals surface area (Å²) in [5.74, 6) is 0.857. The van der Waals surface area contributed by atoms with Gasteiger partial charge in [-0.15, -0.1) is 0 Å². The number of aryl methyl sites for hydroxylation is 1. The van der Waals surface area contributed by atoms with Gasteiger partial charge in [0.2, 0.25) is 0 Å². The first-order valence-electron chi connectivity index (χ1n) is 6.35. The molecule has 4 heteroatoms. The lowest BCUT2D eigenvalue weighted by atomic mass is 10.0. The van der Waals surface area contributed by atoms with Crippen LogP contribution in [0.2, 0.25) is 10.0 Å². The van der Waals surface area contributed by atoms with Crippen LogP contribution in [-0.2, 0) is 0 Å². The molecule has 2 aromatic carbocycles. The maximum absolute atomic E-state index is 6.28. The molecule has 0 saturated carbocycles. The average molecular weight is 374 g/mol. The molecule has 0 amide bonds. The first-order valence-corrected chi connectivity index (χ1v) is 8.02. The minimum atomic E-state index is -0.0600. The summed E-state index contributed by atoms with van der Waals surface area (Å²) in [6.45, 7) is 4.65. The third-order valence-electron chi connectivity index (χ3n) is 2.97. The summed E-state index contributed by atoms with van der Waals surface area (Å²) < 4.78 is 5.70. The molecule has 0 aromatic heterocycles. The molecular formula is C16H15BrCl2O. The zero-order valence-corrected chi connectivity index (χ0v) is 14.4. The molecule has 2 aromatic rings. The molecule has 0 bridgehead atoms. The first kappa shape index (κ1) is 15.7. The van der Waals surface area contributed by atoms with Gasteiger partial charge in [0.15, 0.2) is 0 Å². The summed E-state index contributed by atoms with van der Waals surface area (Å²) in [5, 5.41) is 1.35. The fourth-order valence-electron chi connectivity index (χ4n) is 2.03. The van der Waals surface area contributed by atoms with Gasteiger partial charge < -0.3 is 4.74 Å². The number of hydrogen-bond acceptors (Lipinski definition) is 1. The van der Waals surface area contributed by atoms with E-state index in [0.717, 1.165) is 16.9 Å². The van der Waals surface area contributed by atoms with Gasteiger partial charge >= 0.3 is 0 Å². The van der Waals surface area contributed by atoms with Gasteiger partial charge in [-0.05, 0) is 43.7 Å². The van der Waals surface area contributed by atoms with E-state index in [1.807, 2.05) is 31.2 Å². The Hall–Kier alpha value is -0.700. The lowest BCUT2D eigenvalue weighted by Crippen LogP contribution is -2.01. The SMILES string of the molecule is CCOc1ccc(C)cc1C(Br)c1cc(Cl)ccc1Cl. The van der Waals surface area contributed by atoms with Gasteiger partial charge in [-0.2, -0.15) is 0 Å². The first-order chi connectivity index (χ1) is 9.52. The second-order valence-corrected chi connectivity index (χ2v) is 6.26. The van der Waals surface area contributed by atoms with Crippen LogP contribution < -0.4 is 4.74 Å². The lowest BCUT2D eigenvalue weighted by Gasteiger charge is -2.17. The predicted octanol–water partition coefficient (Wildman–Crippen LogP) is 6.18. The van der Waals surface area contributed by atoms with Crippen molar-refractivity contribution >= 4 is 39.1 Å². The molecule has 0 N–H and O–H groups in total. The van der Waals surface area contributed by atoms with Crippen LogP contribution in [0.1, 0.15) is 28.4 Å². The molecule has 0 aliphatic carbocycles. The van der Waals surface area contributed by atoms with Crippen LogP contribution in [0.25, 0.3) is 0 Å². The lowest BCUT2D eigenvalue weighted by molar-refractivity contribution is 0.337. The minimum Gasteiger partial charge on any atom is -0.494 e. The summed E-state index contributed by atoms with van der Waals surface area (Å²) >= 11 is 16.1. The zero-order valence-electron chi connectivity index (χ0n) is 11.3. The molecule has 1 atom stereocenters. The van der Waals surface area contributed by atoms with Crippen LogP contribution in [0.15, 0.2) is 36.4 Å². The highest BCUT2D eigenvalue weighted by Crippen LogP contribution is 2.40. The Morgan fingerprint density at radius 3 is 2.55 bits per heavy atom. The fraction of sp³-hybridized carbons (Fsp3) is 0.250. The van der Waals surface area contributed by atoms with E-state index in [1.165, 1.54) is 5.56 Å². The molecule has 2 rings (SSSR count). The maximum Gasteiger partial charge on any atom is 0.123 e. The van der Waals surface area contributed by atoms with Gasteiger partial charge in [0.25, 0.3) is 0 Å². The number of hydrogen-bond donors (Lipinski definition) is 0. The van der Waals surface area contributed by atoms with Crippen molar-refractivity contribution in [2.45, 2.75) is 18.7 Å². The second-order valence-electron chi connectivity index (χ2n) is 4.50.